The van der Waals surface area contributed by atoms with Crippen LogP contribution in [0.4, 0.5) is 4.79 Å². The van der Waals surface area contributed by atoms with Crippen molar-refractivity contribution in [3.63, 3.8) is 0 Å². The topological polar surface area (TPSA) is 106 Å². The zero-order valence-electron chi connectivity index (χ0n) is 17.0. The Kier molecular flexibility index (Phi) is 7.29. The van der Waals surface area contributed by atoms with E-state index >= 15 is 0 Å². The number of piperazine rings is 1. The summed E-state index contributed by atoms with van der Waals surface area (Å²) in [5, 5.41) is 3.32. The molecule has 2 fully saturated rings. The van der Waals surface area contributed by atoms with Crippen LogP contribution in [0.2, 0.25) is 0 Å². The molecule has 0 aromatic heterocycles. The second-order valence-corrected chi connectivity index (χ2v) is 7.37. The predicted molar refractivity (Wildman–Crippen MR) is 107 cm³/mol. The largest absolute Gasteiger partial charge is 0.468 e. The number of nitrogens with zero attached hydrogens (tertiary/aromatic N) is 2. The quantitative estimate of drug-likeness (QED) is 0.589. The molecule has 29 heavy (non-hydrogen) atoms. The minimum atomic E-state index is -0.702. The third kappa shape index (κ3) is 5.59. The first-order valence-corrected chi connectivity index (χ1v) is 9.97. The molecular weight excluding hydrogens is 376 g/mol. The summed E-state index contributed by atoms with van der Waals surface area (Å²) >= 11 is 0. The van der Waals surface area contributed by atoms with Crippen LogP contribution in [0, 0.1) is 0 Å². The van der Waals surface area contributed by atoms with Crippen LogP contribution in [-0.4, -0.2) is 86.6 Å². The van der Waals surface area contributed by atoms with E-state index in [1.165, 1.54) is 7.11 Å². The highest BCUT2D eigenvalue weighted by Gasteiger charge is 2.40. The first-order valence-electron chi connectivity index (χ1n) is 9.97. The lowest BCUT2D eigenvalue weighted by atomic mass is 10.1. The number of carbonyl (C=O) groups excluding carboxylic acids is 2. The standard InChI is InChI=1S/C20H30N4O5/c1-14-19(29-20(26)24(14)12-11-23-9-7-22-8-10-23)28-16-5-3-15(4-6-16)13-17(21)18(25)27-2/h3-6,14,17,19,22H,7-13,21H2,1-2H3. The highest BCUT2D eigenvalue weighted by Crippen LogP contribution is 2.23. The zero-order chi connectivity index (χ0) is 20.8. The molecule has 2 aliphatic rings. The average Bonchev–Trinajstić information content (AvgIpc) is 3.00. The molecule has 2 saturated heterocycles. The number of esters is 1. The summed E-state index contributed by atoms with van der Waals surface area (Å²) in [7, 11) is 1.32. The van der Waals surface area contributed by atoms with Crippen molar-refractivity contribution in [2.75, 3.05) is 46.4 Å². The van der Waals surface area contributed by atoms with Crippen molar-refractivity contribution in [3.8, 4) is 5.75 Å². The highest BCUT2D eigenvalue weighted by atomic mass is 16.7. The van der Waals surface area contributed by atoms with Gasteiger partial charge >= 0.3 is 12.1 Å². The van der Waals surface area contributed by atoms with Gasteiger partial charge in [-0.1, -0.05) is 12.1 Å². The first kappa shape index (κ1) is 21.4. The lowest BCUT2D eigenvalue weighted by Gasteiger charge is -2.29. The van der Waals surface area contributed by atoms with Gasteiger partial charge in [0, 0.05) is 39.3 Å². The Balaban J connectivity index is 1.50. The predicted octanol–water partition coefficient (Wildman–Crippen LogP) is 0.180. The molecule has 3 N–H and O–H groups in total. The molecule has 1 amide bonds. The van der Waals surface area contributed by atoms with Gasteiger partial charge in [0.25, 0.3) is 6.29 Å². The van der Waals surface area contributed by atoms with Crippen LogP contribution in [-0.2, 0) is 20.7 Å². The number of hydrogen-bond acceptors (Lipinski definition) is 8. The number of methoxy groups -OCH3 is 1. The van der Waals surface area contributed by atoms with Crippen LogP contribution in [0.3, 0.4) is 0 Å². The minimum Gasteiger partial charge on any atom is -0.468 e. The van der Waals surface area contributed by atoms with Gasteiger partial charge in [0.2, 0.25) is 0 Å². The van der Waals surface area contributed by atoms with Gasteiger partial charge in [-0.15, -0.1) is 0 Å². The van der Waals surface area contributed by atoms with Gasteiger partial charge in [0.15, 0.2) is 0 Å². The van der Waals surface area contributed by atoms with Gasteiger partial charge in [-0.3, -0.25) is 14.6 Å². The second kappa shape index (κ2) is 9.91. The van der Waals surface area contributed by atoms with Crippen molar-refractivity contribution >= 4 is 12.1 Å². The smallest absolute Gasteiger partial charge is 0.413 e. The molecule has 0 spiro atoms. The van der Waals surface area contributed by atoms with Crippen molar-refractivity contribution in [2.24, 2.45) is 5.73 Å². The Hall–Kier alpha value is -2.36. The van der Waals surface area contributed by atoms with Crippen LogP contribution in [0.5, 0.6) is 5.75 Å². The van der Waals surface area contributed by atoms with Crippen molar-refractivity contribution < 1.29 is 23.8 Å². The van der Waals surface area contributed by atoms with Crippen LogP contribution in [0.1, 0.15) is 12.5 Å². The molecule has 9 nitrogen and oxygen atoms in total. The van der Waals surface area contributed by atoms with Crippen molar-refractivity contribution in [1.29, 1.82) is 0 Å². The first-order chi connectivity index (χ1) is 14.0. The molecule has 2 heterocycles. The summed E-state index contributed by atoms with van der Waals surface area (Å²) in [5.74, 6) is 0.145. The lowest BCUT2D eigenvalue weighted by molar-refractivity contribution is -0.142. The van der Waals surface area contributed by atoms with Gasteiger partial charge in [-0.25, -0.2) is 4.79 Å². The van der Waals surface area contributed by atoms with E-state index in [-0.39, 0.29) is 12.1 Å². The normalized spacial score (nSPS) is 23.6. The van der Waals surface area contributed by atoms with Crippen LogP contribution in [0.25, 0.3) is 0 Å². The third-order valence-corrected chi connectivity index (χ3v) is 5.34. The molecule has 3 atom stereocenters. The number of ether oxygens (including phenoxy) is 3. The average molecular weight is 406 g/mol. The van der Waals surface area contributed by atoms with Crippen LogP contribution >= 0.6 is 0 Å². The molecular formula is C20H30N4O5. The maximum absolute atomic E-state index is 12.3. The molecule has 3 rings (SSSR count). The summed E-state index contributed by atoms with van der Waals surface area (Å²) in [6.45, 7) is 7.30. The number of carbonyl (C=O) groups is 2. The van der Waals surface area contributed by atoms with Crippen LogP contribution in [0.15, 0.2) is 24.3 Å². The molecule has 0 saturated carbocycles. The van der Waals surface area contributed by atoms with Gasteiger partial charge in [-0.2, -0.15) is 0 Å². The maximum Gasteiger partial charge on any atom is 0.413 e. The fourth-order valence-electron chi connectivity index (χ4n) is 3.51. The van der Waals surface area contributed by atoms with Gasteiger partial charge in [0.05, 0.1) is 7.11 Å². The van der Waals surface area contributed by atoms with E-state index in [0.29, 0.717) is 18.7 Å². The molecule has 1 aromatic carbocycles. The monoisotopic (exact) mass is 406 g/mol. The molecule has 160 valence electrons. The molecule has 3 unspecified atom stereocenters. The second-order valence-electron chi connectivity index (χ2n) is 7.37. The Labute approximate surface area is 171 Å². The van der Waals surface area contributed by atoms with Crippen molar-refractivity contribution in [1.82, 2.24) is 15.1 Å². The maximum atomic E-state index is 12.3. The van der Waals surface area contributed by atoms with E-state index < -0.39 is 18.3 Å². The van der Waals surface area contributed by atoms with E-state index in [0.717, 1.165) is 38.3 Å². The van der Waals surface area contributed by atoms with Gasteiger partial charge in [-0.05, 0) is 31.0 Å². The molecule has 9 heteroatoms. The zero-order valence-corrected chi connectivity index (χ0v) is 17.0. The summed E-state index contributed by atoms with van der Waals surface area (Å²) in [6.07, 6.45) is -0.631. The number of hydrogen-bond donors (Lipinski definition) is 2. The summed E-state index contributed by atoms with van der Waals surface area (Å²) in [6, 6.07) is 6.35. The van der Waals surface area contributed by atoms with E-state index in [1.807, 2.05) is 19.1 Å². The Morgan fingerprint density at radius 1 is 1.28 bits per heavy atom. The highest BCUT2D eigenvalue weighted by molar-refractivity contribution is 5.75. The van der Waals surface area contributed by atoms with E-state index in [9.17, 15) is 9.59 Å². The van der Waals surface area contributed by atoms with Gasteiger partial charge < -0.3 is 25.3 Å². The van der Waals surface area contributed by atoms with E-state index in [1.54, 1.807) is 17.0 Å². The number of rotatable bonds is 8. The Bertz CT molecular complexity index is 693. The SMILES string of the molecule is COC(=O)C(N)Cc1ccc(OC2OC(=O)N(CCN3CCNCC3)C2C)cc1. The van der Waals surface area contributed by atoms with Crippen molar-refractivity contribution in [3.05, 3.63) is 29.8 Å². The number of amides is 1. The minimum absolute atomic E-state index is 0.183. The molecule has 0 aliphatic carbocycles. The molecule has 0 radical (unpaired) electrons. The van der Waals surface area contributed by atoms with E-state index in [2.05, 4.69) is 15.0 Å². The Morgan fingerprint density at radius 2 is 1.97 bits per heavy atom. The number of benzene rings is 1. The summed E-state index contributed by atoms with van der Waals surface area (Å²) < 4.78 is 15.9. The fourth-order valence-corrected chi connectivity index (χ4v) is 3.51. The molecule has 2 aliphatic heterocycles. The number of cyclic esters (lactones) is 1. The molecule has 0 bridgehead atoms. The van der Waals surface area contributed by atoms with Crippen molar-refractivity contribution in [2.45, 2.75) is 31.7 Å². The van der Waals surface area contributed by atoms with Crippen LogP contribution < -0.4 is 15.8 Å². The fraction of sp³-hybridized carbons (Fsp3) is 0.600. The lowest BCUT2D eigenvalue weighted by Crippen LogP contribution is -2.47. The Morgan fingerprint density at radius 3 is 2.62 bits per heavy atom. The van der Waals surface area contributed by atoms with E-state index in [4.69, 9.17) is 15.2 Å². The summed E-state index contributed by atoms with van der Waals surface area (Å²) in [5.41, 5.74) is 6.68. The number of nitrogens with one attached hydrogen (secondary N) is 1. The number of nitrogens with two attached hydrogens (primary N) is 1. The molecule has 1 aromatic rings. The summed E-state index contributed by atoms with van der Waals surface area (Å²) in [4.78, 5) is 27.7. The third-order valence-electron chi connectivity index (χ3n) is 5.34. The van der Waals surface area contributed by atoms with Gasteiger partial charge in [0.1, 0.15) is 17.8 Å².